The molecule has 0 atom stereocenters. The van der Waals surface area contributed by atoms with Crippen LogP contribution in [0.2, 0.25) is 0 Å². The number of rotatable bonds is 3. The number of halogens is 4. The Bertz CT molecular complexity index is 728. The Hall–Kier alpha value is -2.64. The third-order valence-electron chi connectivity index (χ3n) is 3.00. The lowest BCUT2D eigenvalue weighted by Crippen LogP contribution is -2.06. The molecule has 0 spiro atoms. The van der Waals surface area contributed by atoms with E-state index in [9.17, 15) is 27.7 Å². The van der Waals surface area contributed by atoms with Gasteiger partial charge < -0.3 is 4.74 Å². The highest BCUT2D eigenvalue weighted by molar-refractivity contribution is 5.47. The number of hydrogen-bond donors (Lipinski definition) is 0. The second kappa shape index (κ2) is 5.63. The van der Waals surface area contributed by atoms with Gasteiger partial charge in [0.2, 0.25) is 29.0 Å². The quantitative estimate of drug-likeness (QED) is 0.361. The normalized spacial score (nSPS) is 10.6. The zero-order valence-electron chi connectivity index (χ0n) is 11.4. The third-order valence-corrected chi connectivity index (χ3v) is 3.00. The summed E-state index contributed by atoms with van der Waals surface area (Å²) in [6.45, 7) is 3.13. The molecule has 0 aliphatic rings. The van der Waals surface area contributed by atoms with Crippen LogP contribution in [0, 0.1) is 47.2 Å². The Labute approximate surface area is 122 Å². The van der Waals surface area contributed by atoms with Crippen molar-refractivity contribution in [3.63, 3.8) is 0 Å². The summed E-state index contributed by atoms with van der Waals surface area (Å²) in [6, 6.07) is 4.79. The fourth-order valence-electron chi connectivity index (χ4n) is 1.91. The molecule has 0 fully saturated rings. The predicted octanol–water partition coefficient (Wildman–Crippen LogP) is 4.56. The molecule has 0 unspecified atom stereocenters. The number of aryl methyl sites for hydroxylation is 2. The van der Waals surface area contributed by atoms with E-state index in [2.05, 4.69) is 0 Å². The van der Waals surface area contributed by atoms with Crippen molar-refractivity contribution in [2.75, 3.05) is 0 Å². The van der Waals surface area contributed by atoms with Gasteiger partial charge in [-0.2, -0.15) is 17.6 Å². The van der Waals surface area contributed by atoms with E-state index < -0.39 is 39.6 Å². The highest BCUT2D eigenvalue weighted by Gasteiger charge is 2.34. The molecule has 0 aliphatic heterocycles. The third kappa shape index (κ3) is 2.47. The molecule has 116 valence electrons. The SMILES string of the molecule is Cc1cccc(C)c1Oc1c(F)c(F)c([N+](=O)[O-])c(F)c1F. The molecule has 2 aromatic rings. The van der Waals surface area contributed by atoms with Crippen LogP contribution in [0.15, 0.2) is 18.2 Å². The van der Waals surface area contributed by atoms with Crippen molar-refractivity contribution in [3.05, 3.63) is 62.7 Å². The monoisotopic (exact) mass is 315 g/mol. The van der Waals surface area contributed by atoms with Gasteiger partial charge in [0.15, 0.2) is 0 Å². The zero-order chi connectivity index (χ0) is 16.6. The van der Waals surface area contributed by atoms with Crippen LogP contribution in [-0.4, -0.2) is 4.92 Å². The summed E-state index contributed by atoms with van der Waals surface area (Å²) >= 11 is 0. The zero-order valence-corrected chi connectivity index (χ0v) is 11.4. The molecule has 22 heavy (non-hydrogen) atoms. The van der Waals surface area contributed by atoms with Gasteiger partial charge in [-0.3, -0.25) is 10.1 Å². The predicted molar refractivity (Wildman–Crippen MR) is 68.9 cm³/mol. The number of para-hydroxylation sites is 1. The van der Waals surface area contributed by atoms with Gasteiger partial charge in [-0.15, -0.1) is 0 Å². The van der Waals surface area contributed by atoms with Crippen molar-refractivity contribution in [3.8, 4) is 11.5 Å². The van der Waals surface area contributed by atoms with Gasteiger partial charge in [0, 0.05) is 0 Å². The second-order valence-corrected chi connectivity index (χ2v) is 4.51. The first-order valence-electron chi connectivity index (χ1n) is 6.00. The van der Waals surface area contributed by atoms with Gasteiger partial charge in [-0.05, 0) is 25.0 Å². The maximum absolute atomic E-state index is 13.8. The Morgan fingerprint density at radius 3 is 1.77 bits per heavy atom. The van der Waals surface area contributed by atoms with E-state index in [1.54, 1.807) is 32.0 Å². The molecular weight excluding hydrogens is 306 g/mol. The highest BCUT2D eigenvalue weighted by Crippen LogP contribution is 2.38. The van der Waals surface area contributed by atoms with Crippen molar-refractivity contribution in [2.24, 2.45) is 0 Å². The van der Waals surface area contributed by atoms with Crippen LogP contribution in [0.25, 0.3) is 0 Å². The van der Waals surface area contributed by atoms with Gasteiger partial charge >= 0.3 is 5.69 Å². The minimum Gasteiger partial charge on any atom is -0.450 e. The Morgan fingerprint density at radius 2 is 1.36 bits per heavy atom. The average Bonchev–Trinajstić information content (AvgIpc) is 2.44. The fraction of sp³-hybridized carbons (Fsp3) is 0.143. The van der Waals surface area contributed by atoms with Crippen LogP contribution in [0.4, 0.5) is 23.2 Å². The van der Waals surface area contributed by atoms with Crippen molar-refractivity contribution in [1.29, 1.82) is 0 Å². The molecule has 0 heterocycles. The van der Waals surface area contributed by atoms with E-state index >= 15 is 0 Å². The molecule has 8 heteroatoms. The van der Waals surface area contributed by atoms with Gasteiger partial charge in [-0.1, -0.05) is 18.2 Å². The van der Waals surface area contributed by atoms with E-state index in [1.807, 2.05) is 0 Å². The number of nitro benzene ring substituents is 1. The molecule has 4 nitrogen and oxygen atoms in total. The molecule has 0 bridgehead atoms. The highest BCUT2D eigenvalue weighted by atomic mass is 19.2. The Morgan fingerprint density at radius 1 is 0.909 bits per heavy atom. The summed E-state index contributed by atoms with van der Waals surface area (Å²) in [4.78, 5) is 8.93. The second-order valence-electron chi connectivity index (χ2n) is 4.51. The summed E-state index contributed by atoms with van der Waals surface area (Å²) in [5.41, 5.74) is -0.959. The topological polar surface area (TPSA) is 52.4 Å². The average molecular weight is 315 g/mol. The van der Waals surface area contributed by atoms with Crippen LogP contribution in [0.5, 0.6) is 11.5 Å². The standard InChI is InChI=1S/C14H9F4NO3/c1-6-4-3-5-7(2)13(6)22-14-10(17)8(15)12(19(20)21)9(16)11(14)18/h3-5H,1-2H3. The summed E-state index contributed by atoms with van der Waals surface area (Å²) in [5, 5.41) is 10.5. The lowest BCUT2D eigenvalue weighted by molar-refractivity contribution is -0.390. The molecule has 2 rings (SSSR count). The number of nitrogens with zero attached hydrogens (tertiary/aromatic N) is 1. The van der Waals surface area contributed by atoms with Crippen molar-refractivity contribution >= 4 is 5.69 Å². The molecule has 0 radical (unpaired) electrons. The number of ether oxygens (including phenoxy) is 1. The van der Waals surface area contributed by atoms with Crippen molar-refractivity contribution < 1.29 is 27.2 Å². The lowest BCUT2D eigenvalue weighted by Gasteiger charge is -2.13. The smallest absolute Gasteiger partial charge is 0.346 e. The van der Waals surface area contributed by atoms with Gasteiger partial charge in [0.25, 0.3) is 0 Å². The van der Waals surface area contributed by atoms with E-state index in [1.165, 1.54) is 0 Å². The molecule has 0 saturated heterocycles. The maximum Gasteiger partial charge on any atom is 0.346 e. The van der Waals surface area contributed by atoms with E-state index in [-0.39, 0.29) is 5.75 Å². The van der Waals surface area contributed by atoms with Crippen LogP contribution in [-0.2, 0) is 0 Å². The maximum atomic E-state index is 13.8. The Kier molecular flexibility index (Phi) is 4.03. The number of nitro groups is 1. The van der Waals surface area contributed by atoms with Crippen molar-refractivity contribution in [2.45, 2.75) is 13.8 Å². The summed E-state index contributed by atoms with van der Waals surface area (Å²) < 4.78 is 59.7. The van der Waals surface area contributed by atoms with Gasteiger partial charge in [0.1, 0.15) is 5.75 Å². The minimum atomic E-state index is -2.12. The van der Waals surface area contributed by atoms with E-state index in [4.69, 9.17) is 4.74 Å². The fourth-order valence-corrected chi connectivity index (χ4v) is 1.91. The largest absolute Gasteiger partial charge is 0.450 e. The molecule has 0 aromatic heterocycles. The molecule has 0 saturated carbocycles. The molecule has 0 aliphatic carbocycles. The lowest BCUT2D eigenvalue weighted by atomic mass is 10.1. The Balaban J connectivity index is 2.65. The van der Waals surface area contributed by atoms with Gasteiger partial charge in [-0.25, -0.2) is 0 Å². The van der Waals surface area contributed by atoms with Crippen LogP contribution < -0.4 is 4.74 Å². The molecular formula is C14H9F4NO3. The summed E-state index contributed by atoms with van der Waals surface area (Å²) in [7, 11) is 0. The minimum absolute atomic E-state index is 0.00736. The van der Waals surface area contributed by atoms with Crippen molar-refractivity contribution in [1.82, 2.24) is 0 Å². The first-order valence-corrected chi connectivity index (χ1v) is 6.00. The first-order chi connectivity index (χ1) is 10.3. The number of hydrogen-bond acceptors (Lipinski definition) is 3. The van der Waals surface area contributed by atoms with Crippen LogP contribution in [0.1, 0.15) is 11.1 Å². The van der Waals surface area contributed by atoms with Crippen LogP contribution >= 0.6 is 0 Å². The van der Waals surface area contributed by atoms with E-state index in [0.717, 1.165) is 0 Å². The first kappa shape index (κ1) is 15.7. The summed E-state index contributed by atoms with van der Waals surface area (Å²) in [5.74, 6) is -9.53. The van der Waals surface area contributed by atoms with Gasteiger partial charge in [0.05, 0.1) is 4.92 Å². The number of benzene rings is 2. The van der Waals surface area contributed by atoms with E-state index in [0.29, 0.717) is 11.1 Å². The molecule has 0 amide bonds. The summed E-state index contributed by atoms with van der Waals surface area (Å²) in [6.07, 6.45) is 0. The van der Waals surface area contributed by atoms with Crippen LogP contribution in [0.3, 0.4) is 0 Å². The molecule has 2 aromatic carbocycles. The molecule has 0 N–H and O–H groups in total.